The smallest absolute Gasteiger partial charge is 0.0320 e. The number of hydrogen-bond acceptors (Lipinski definition) is 1. The predicted molar refractivity (Wildman–Crippen MR) is 81.4 cm³/mol. The lowest BCUT2D eigenvalue weighted by Gasteiger charge is -2.28. The Balaban J connectivity index is 1.72. The molecule has 1 unspecified atom stereocenters. The Morgan fingerprint density at radius 1 is 0.947 bits per heavy atom. The Hall–Kier alpha value is -0.820. The number of hydrogen-bond donors (Lipinski definition) is 1. The quantitative estimate of drug-likeness (QED) is 0.803. The standard InChI is InChI=1S/C18H27N/c1-14-8-10-15(11-9-14)16-5-4-6-17(13-16)18-7-2-3-12-19-18/h4-6,13-15,18-19H,2-3,7-12H2,1H3. The van der Waals surface area contributed by atoms with Crippen LogP contribution in [0.3, 0.4) is 0 Å². The summed E-state index contributed by atoms with van der Waals surface area (Å²) < 4.78 is 0. The summed E-state index contributed by atoms with van der Waals surface area (Å²) in [6.45, 7) is 3.59. The van der Waals surface area contributed by atoms with E-state index in [1.807, 2.05) is 0 Å². The van der Waals surface area contributed by atoms with E-state index < -0.39 is 0 Å². The van der Waals surface area contributed by atoms with Crippen molar-refractivity contribution in [3.05, 3.63) is 35.4 Å². The van der Waals surface area contributed by atoms with Gasteiger partial charge < -0.3 is 5.32 Å². The minimum atomic E-state index is 0.608. The van der Waals surface area contributed by atoms with Gasteiger partial charge in [-0.1, -0.05) is 50.5 Å². The first-order valence-corrected chi connectivity index (χ1v) is 8.16. The Bertz CT molecular complexity index is 398. The second-order valence-electron chi connectivity index (χ2n) is 6.63. The van der Waals surface area contributed by atoms with Gasteiger partial charge in [0.2, 0.25) is 0 Å². The Morgan fingerprint density at radius 3 is 2.47 bits per heavy atom. The molecule has 1 N–H and O–H groups in total. The fraction of sp³-hybridized carbons (Fsp3) is 0.667. The summed E-state index contributed by atoms with van der Waals surface area (Å²) in [5.41, 5.74) is 3.12. The van der Waals surface area contributed by atoms with Crippen molar-refractivity contribution in [3.8, 4) is 0 Å². The molecule has 1 atom stereocenters. The molecule has 2 aliphatic rings. The van der Waals surface area contributed by atoms with E-state index in [0.717, 1.165) is 11.8 Å². The van der Waals surface area contributed by atoms with Crippen LogP contribution in [-0.4, -0.2) is 6.54 Å². The molecule has 1 heteroatoms. The summed E-state index contributed by atoms with van der Waals surface area (Å²) in [4.78, 5) is 0. The monoisotopic (exact) mass is 257 g/mol. The van der Waals surface area contributed by atoms with E-state index in [4.69, 9.17) is 0 Å². The molecule has 2 fully saturated rings. The van der Waals surface area contributed by atoms with E-state index in [1.54, 1.807) is 5.56 Å². The largest absolute Gasteiger partial charge is 0.310 e. The van der Waals surface area contributed by atoms with Gasteiger partial charge in [-0.2, -0.15) is 0 Å². The van der Waals surface area contributed by atoms with Crippen molar-refractivity contribution < 1.29 is 0 Å². The van der Waals surface area contributed by atoms with Crippen LogP contribution in [0.25, 0.3) is 0 Å². The highest BCUT2D eigenvalue weighted by Crippen LogP contribution is 2.36. The lowest BCUT2D eigenvalue weighted by Crippen LogP contribution is -2.26. The summed E-state index contributed by atoms with van der Waals surface area (Å²) in [7, 11) is 0. The van der Waals surface area contributed by atoms with Crippen LogP contribution in [0.15, 0.2) is 24.3 Å². The minimum absolute atomic E-state index is 0.608. The first-order valence-electron chi connectivity index (χ1n) is 8.16. The third kappa shape index (κ3) is 3.20. The zero-order valence-corrected chi connectivity index (χ0v) is 12.2. The lowest BCUT2D eigenvalue weighted by molar-refractivity contribution is 0.347. The van der Waals surface area contributed by atoms with Gasteiger partial charge in [0, 0.05) is 6.04 Å². The van der Waals surface area contributed by atoms with Crippen LogP contribution in [-0.2, 0) is 0 Å². The molecule has 1 saturated heterocycles. The SMILES string of the molecule is CC1CCC(c2cccc(C3CCCCN3)c2)CC1. The van der Waals surface area contributed by atoms with Crippen LogP contribution in [0.1, 0.15) is 75.0 Å². The Kier molecular flexibility index (Phi) is 4.22. The van der Waals surface area contributed by atoms with Crippen molar-refractivity contribution in [2.45, 2.75) is 63.8 Å². The minimum Gasteiger partial charge on any atom is -0.310 e. The zero-order chi connectivity index (χ0) is 13.1. The van der Waals surface area contributed by atoms with E-state index in [1.165, 1.54) is 57.1 Å². The second-order valence-corrected chi connectivity index (χ2v) is 6.63. The average Bonchev–Trinajstić information content (AvgIpc) is 2.49. The van der Waals surface area contributed by atoms with E-state index in [2.05, 4.69) is 36.5 Å². The molecule has 1 nitrogen and oxygen atoms in total. The topological polar surface area (TPSA) is 12.0 Å². The molecular formula is C18H27N. The molecule has 1 aliphatic carbocycles. The number of benzene rings is 1. The van der Waals surface area contributed by atoms with Gasteiger partial charge in [0.25, 0.3) is 0 Å². The van der Waals surface area contributed by atoms with Gasteiger partial charge in [-0.25, -0.2) is 0 Å². The zero-order valence-electron chi connectivity index (χ0n) is 12.2. The van der Waals surface area contributed by atoms with Crippen molar-refractivity contribution in [2.24, 2.45) is 5.92 Å². The molecular weight excluding hydrogens is 230 g/mol. The predicted octanol–water partition coefficient (Wildman–Crippen LogP) is 4.79. The van der Waals surface area contributed by atoms with Crippen molar-refractivity contribution in [2.75, 3.05) is 6.54 Å². The normalized spacial score (nSPS) is 32.2. The van der Waals surface area contributed by atoms with Gasteiger partial charge in [0.05, 0.1) is 0 Å². The lowest BCUT2D eigenvalue weighted by atomic mass is 9.79. The summed E-state index contributed by atoms with van der Waals surface area (Å²) in [5, 5.41) is 3.67. The number of piperidine rings is 1. The maximum Gasteiger partial charge on any atom is 0.0320 e. The number of nitrogens with one attached hydrogen (secondary N) is 1. The van der Waals surface area contributed by atoms with E-state index in [9.17, 15) is 0 Å². The molecule has 0 spiro atoms. The molecule has 1 aliphatic heterocycles. The van der Waals surface area contributed by atoms with Crippen LogP contribution in [0, 0.1) is 5.92 Å². The van der Waals surface area contributed by atoms with Crippen LogP contribution < -0.4 is 5.32 Å². The molecule has 1 aromatic rings. The van der Waals surface area contributed by atoms with E-state index >= 15 is 0 Å². The first-order chi connectivity index (χ1) is 9.33. The van der Waals surface area contributed by atoms with Gasteiger partial charge in [0.1, 0.15) is 0 Å². The van der Waals surface area contributed by atoms with E-state index in [0.29, 0.717) is 6.04 Å². The van der Waals surface area contributed by atoms with Crippen molar-refractivity contribution in [3.63, 3.8) is 0 Å². The van der Waals surface area contributed by atoms with Crippen LogP contribution >= 0.6 is 0 Å². The van der Waals surface area contributed by atoms with Crippen molar-refractivity contribution >= 4 is 0 Å². The fourth-order valence-electron chi connectivity index (χ4n) is 3.76. The maximum atomic E-state index is 3.67. The summed E-state index contributed by atoms with van der Waals surface area (Å²) in [6.07, 6.45) is 9.64. The van der Waals surface area contributed by atoms with Crippen LogP contribution in [0.5, 0.6) is 0 Å². The van der Waals surface area contributed by atoms with Gasteiger partial charge in [-0.3, -0.25) is 0 Å². The molecule has 1 saturated carbocycles. The molecule has 0 aromatic heterocycles. The fourth-order valence-corrected chi connectivity index (χ4v) is 3.76. The van der Waals surface area contributed by atoms with Gasteiger partial charge >= 0.3 is 0 Å². The van der Waals surface area contributed by atoms with Crippen molar-refractivity contribution in [1.29, 1.82) is 0 Å². The second kappa shape index (κ2) is 6.09. The van der Waals surface area contributed by atoms with Crippen molar-refractivity contribution in [1.82, 2.24) is 5.32 Å². The van der Waals surface area contributed by atoms with Crippen LogP contribution in [0.2, 0.25) is 0 Å². The molecule has 19 heavy (non-hydrogen) atoms. The van der Waals surface area contributed by atoms with E-state index in [-0.39, 0.29) is 0 Å². The molecule has 0 radical (unpaired) electrons. The summed E-state index contributed by atoms with van der Waals surface area (Å²) in [5.74, 6) is 1.76. The van der Waals surface area contributed by atoms with Crippen LogP contribution in [0.4, 0.5) is 0 Å². The maximum absolute atomic E-state index is 3.67. The van der Waals surface area contributed by atoms with Gasteiger partial charge in [0.15, 0.2) is 0 Å². The molecule has 1 aromatic carbocycles. The molecule has 0 amide bonds. The highest BCUT2D eigenvalue weighted by Gasteiger charge is 2.21. The first kappa shape index (κ1) is 13.2. The Labute approximate surface area is 117 Å². The highest BCUT2D eigenvalue weighted by atomic mass is 14.9. The van der Waals surface area contributed by atoms with Gasteiger partial charge in [-0.15, -0.1) is 0 Å². The average molecular weight is 257 g/mol. The molecule has 104 valence electrons. The molecule has 1 heterocycles. The molecule has 3 rings (SSSR count). The third-order valence-corrected chi connectivity index (χ3v) is 5.11. The van der Waals surface area contributed by atoms with Gasteiger partial charge in [-0.05, 0) is 55.2 Å². The third-order valence-electron chi connectivity index (χ3n) is 5.11. The Morgan fingerprint density at radius 2 is 1.74 bits per heavy atom. The summed E-state index contributed by atoms with van der Waals surface area (Å²) >= 11 is 0. The molecule has 0 bridgehead atoms. The summed E-state index contributed by atoms with van der Waals surface area (Å²) in [6, 6.07) is 10.0. The number of rotatable bonds is 2. The highest BCUT2D eigenvalue weighted by molar-refractivity contribution is 5.29.